The summed E-state index contributed by atoms with van der Waals surface area (Å²) in [7, 11) is 0. The molecule has 3 heterocycles. The van der Waals surface area contributed by atoms with E-state index in [0.717, 1.165) is 6.07 Å². The third-order valence-electron chi connectivity index (χ3n) is 6.55. The summed E-state index contributed by atoms with van der Waals surface area (Å²) in [5.41, 5.74) is -0.00348. The molecule has 0 saturated carbocycles. The van der Waals surface area contributed by atoms with Crippen molar-refractivity contribution in [1.82, 2.24) is 9.97 Å². The van der Waals surface area contributed by atoms with Crippen molar-refractivity contribution in [3.8, 4) is 5.75 Å². The number of carbonyl (C=O) groups is 1. The van der Waals surface area contributed by atoms with Gasteiger partial charge in [-0.25, -0.2) is 14.4 Å². The number of para-hydroxylation sites is 1. The number of nitrogens with one attached hydrogen (secondary N) is 1. The van der Waals surface area contributed by atoms with Crippen molar-refractivity contribution < 1.29 is 27.1 Å². The van der Waals surface area contributed by atoms with Gasteiger partial charge >= 0.3 is 6.18 Å². The lowest BCUT2D eigenvalue weighted by Crippen LogP contribution is -2.24. The average molecular weight is 488 g/mol. The zero-order valence-electron chi connectivity index (χ0n) is 19.2. The number of anilines is 2. The van der Waals surface area contributed by atoms with Crippen molar-refractivity contribution in [3.63, 3.8) is 0 Å². The second kappa shape index (κ2) is 8.66. The van der Waals surface area contributed by atoms with E-state index >= 15 is 4.39 Å². The predicted octanol–water partition coefficient (Wildman–Crippen LogP) is 5.97. The van der Waals surface area contributed by atoms with Gasteiger partial charge in [0, 0.05) is 35.9 Å². The predicted molar refractivity (Wildman–Crippen MR) is 123 cm³/mol. The van der Waals surface area contributed by atoms with Gasteiger partial charge in [-0.05, 0) is 31.9 Å². The minimum absolute atomic E-state index is 0.0368. The molecular formula is C25H24F4N4O2. The Morgan fingerprint density at radius 3 is 2.69 bits per heavy atom. The molecule has 0 radical (unpaired) electrons. The first-order valence-corrected chi connectivity index (χ1v) is 11.5. The molecule has 0 spiro atoms. The minimum Gasteiger partial charge on any atom is -0.493 e. The van der Waals surface area contributed by atoms with Crippen LogP contribution in [0.2, 0.25) is 0 Å². The molecule has 2 aliphatic heterocycles. The Hall–Kier alpha value is -3.43. The number of aromatic nitrogens is 2. The van der Waals surface area contributed by atoms with Gasteiger partial charge in [0.05, 0.1) is 29.4 Å². The quantitative estimate of drug-likeness (QED) is 0.427. The van der Waals surface area contributed by atoms with Crippen LogP contribution in [0.5, 0.6) is 5.75 Å². The lowest BCUT2D eigenvalue weighted by Gasteiger charge is -2.22. The fourth-order valence-corrected chi connectivity index (χ4v) is 4.63. The second-order valence-corrected chi connectivity index (χ2v) is 9.03. The first-order valence-electron chi connectivity index (χ1n) is 11.5. The van der Waals surface area contributed by atoms with E-state index in [9.17, 15) is 18.0 Å². The number of ether oxygens (including phenoxy) is 1. The Labute approximate surface area is 199 Å². The van der Waals surface area contributed by atoms with E-state index in [1.165, 1.54) is 17.0 Å². The van der Waals surface area contributed by atoms with Crippen LogP contribution in [0, 0.1) is 5.82 Å². The molecule has 2 aliphatic rings. The average Bonchev–Trinajstić information content (AvgIpc) is 3.22. The number of rotatable bonds is 1. The fraction of sp³-hybridized carbons (Fsp3) is 0.400. The molecule has 3 aromatic rings. The molecule has 2 atom stereocenters. The molecule has 1 N–H and O–H groups in total. The summed E-state index contributed by atoms with van der Waals surface area (Å²) < 4.78 is 62.0. The number of fused-ring (bicyclic) bond motifs is 5. The standard InChI is InChI=1S/C25H24F4N4O2/c1-13-8-10-35-22-15(5-3-6-17(22)25(27,28)29)14(2)30-24-16-11-20(33-9-4-7-21(33)34)18(26)12-19(16)31-23(13)32-24/h3,5-6,11-14H,4,7-10H2,1-2H3,(H,30,31,32)/t13-,14-/m1/s1. The van der Waals surface area contributed by atoms with E-state index in [1.807, 2.05) is 6.92 Å². The normalized spacial score (nSPS) is 20.7. The number of amides is 1. The number of benzene rings is 2. The van der Waals surface area contributed by atoms with Gasteiger partial charge in [-0.1, -0.05) is 19.1 Å². The van der Waals surface area contributed by atoms with E-state index < -0.39 is 23.6 Å². The number of nitrogens with zero attached hydrogens (tertiary/aromatic N) is 3. The summed E-state index contributed by atoms with van der Waals surface area (Å²) in [6, 6.07) is 6.15. The molecule has 1 fully saturated rings. The highest BCUT2D eigenvalue weighted by molar-refractivity contribution is 5.99. The molecule has 1 amide bonds. The van der Waals surface area contributed by atoms with Crippen LogP contribution < -0.4 is 15.0 Å². The van der Waals surface area contributed by atoms with Crippen molar-refractivity contribution in [3.05, 3.63) is 53.1 Å². The Balaban J connectivity index is 1.67. The van der Waals surface area contributed by atoms with E-state index in [2.05, 4.69) is 15.3 Å². The van der Waals surface area contributed by atoms with Crippen molar-refractivity contribution in [1.29, 1.82) is 0 Å². The van der Waals surface area contributed by atoms with Gasteiger partial charge in [0.1, 0.15) is 23.2 Å². The van der Waals surface area contributed by atoms with Crippen LogP contribution in [0.1, 0.15) is 62.0 Å². The van der Waals surface area contributed by atoms with Crippen LogP contribution in [0.15, 0.2) is 30.3 Å². The lowest BCUT2D eigenvalue weighted by atomic mass is 10.0. The van der Waals surface area contributed by atoms with E-state index in [-0.39, 0.29) is 29.9 Å². The third-order valence-corrected chi connectivity index (χ3v) is 6.55. The zero-order chi connectivity index (χ0) is 24.9. The summed E-state index contributed by atoms with van der Waals surface area (Å²) in [6.45, 7) is 4.02. The maximum absolute atomic E-state index is 15.0. The highest BCUT2D eigenvalue weighted by Crippen LogP contribution is 2.42. The Kier molecular flexibility index (Phi) is 5.77. The van der Waals surface area contributed by atoms with Crippen molar-refractivity contribution >= 4 is 28.3 Å². The van der Waals surface area contributed by atoms with Gasteiger partial charge in [0.25, 0.3) is 0 Å². The highest BCUT2D eigenvalue weighted by Gasteiger charge is 2.36. The Bertz CT molecular complexity index is 1310. The first kappa shape index (κ1) is 23.3. The van der Waals surface area contributed by atoms with Gasteiger partial charge in [-0.3, -0.25) is 4.79 Å². The summed E-state index contributed by atoms with van der Waals surface area (Å²) in [5.74, 6) is -0.387. The number of alkyl halides is 3. The molecule has 0 unspecified atom stereocenters. The summed E-state index contributed by atoms with van der Waals surface area (Å²) in [4.78, 5) is 22.9. The SMILES string of the molecule is C[C@@H]1CCOc2c(cccc2C(F)(F)F)[C@@H](C)Nc2nc1nc1cc(F)c(N3CCCC3=O)cc21. The Morgan fingerprint density at radius 2 is 1.97 bits per heavy atom. The second-order valence-electron chi connectivity index (χ2n) is 9.03. The molecule has 6 nitrogen and oxygen atoms in total. The molecule has 2 bridgehead atoms. The lowest BCUT2D eigenvalue weighted by molar-refractivity contribution is -0.139. The number of halogens is 4. The fourth-order valence-electron chi connectivity index (χ4n) is 4.63. The van der Waals surface area contributed by atoms with Crippen LogP contribution in [-0.2, 0) is 11.0 Å². The van der Waals surface area contributed by atoms with Crippen molar-refractivity contribution in [2.45, 2.75) is 51.2 Å². The van der Waals surface area contributed by atoms with Gasteiger partial charge in [0.2, 0.25) is 5.91 Å². The van der Waals surface area contributed by atoms with Gasteiger partial charge in [-0.15, -0.1) is 0 Å². The number of carbonyl (C=O) groups excluding carboxylic acids is 1. The monoisotopic (exact) mass is 488 g/mol. The van der Waals surface area contributed by atoms with Crippen LogP contribution in [-0.4, -0.2) is 29.0 Å². The molecule has 2 aromatic carbocycles. The smallest absolute Gasteiger partial charge is 0.419 e. The van der Waals surface area contributed by atoms with E-state index in [4.69, 9.17) is 4.74 Å². The molecular weight excluding hydrogens is 464 g/mol. The molecule has 1 aromatic heterocycles. The van der Waals surface area contributed by atoms with Crippen LogP contribution in [0.4, 0.5) is 29.1 Å². The largest absolute Gasteiger partial charge is 0.493 e. The van der Waals surface area contributed by atoms with Crippen molar-refractivity contribution in [2.24, 2.45) is 0 Å². The topological polar surface area (TPSA) is 67.3 Å². The maximum atomic E-state index is 15.0. The molecule has 35 heavy (non-hydrogen) atoms. The first-order chi connectivity index (χ1) is 16.6. The van der Waals surface area contributed by atoms with Gasteiger partial charge < -0.3 is 15.0 Å². The van der Waals surface area contributed by atoms with E-state index in [0.29, 0.717) is 53.9 Å². The minimum atomic E-state index is -4.57. The Morgan fingerprint density at radius 1 is 1.17 bits per heavy atom. The van der Waals surface area contributed by atoms with Crippen LogP contribution >= 0.6 is 0 Å². The summed E-state index contributed by atoms with van der Waals surface area (Å²) >= 11 is 0. The number of hydrogen-bond acceptors (Lipinski definition) is 5. The van der Waals surface area contributed by atoms with Gasteiger partial charge in [-0.2, -0.15) is 13.2 Å². The highest BCUT2D eigenvalue weighted by atomic mass is 19.4. The third kappa shape index (κ3) is 4.26. The zero-order valence-corrected chi connectivity index (χ0v) is 19.2. The molecule has 0 aliphatic carbocycles. The molecule has 10 heteroatoms. The van der Waals surface area contributed by atoms with Crippen LogP contribution in [0.25, 0.3) is 10.9 Å². The maximum Gasteiger partial charge on any atom is 0.419 e. The summed E-state index contributed by atoms with van der Waals surface area (Å²) in [5, 5.41) is 3.69. The molecule has 184 valence electrons. The van der Waals surface area contributed by atoms with Crippen molar-refractivity contribution in [2.75, 3.05) is 23.4 Å². The van der Waals surface area contributed by atoms with E-state index in [1.54, 1.807) is 19.1 Å². The number of hydrogen-bond donors (Lipinski definition) is 1. The molecule has 5 rings (SSSR count). The summed E-state index contributed by atoms with van der Waals surface area (Å²) in [6.07, 6.45) is -3.21. The van der Waals surface area contributed by atoms with Gasteiger partial charge in [0.15, 0.2) is 0 Å². The van der Waals surface area contributed by atoms with Crippen LogP contribution in [0.3, 0.4) is 0 Å². The molecule has 1 saturated heterocycles.